The number of carbonyl (C=O) groups is 2. The molecule has 4 nitrogen and oxygen atoms in total. The Kier molecular flexibility index (Phi) is 3.99. The van der Waals surface area contributed by atoms with Crippen molar-refractivity contribution < 1.29 is 19.1 Å². The Hall–Kier alpha value is -1.91. The molecule has 1 atom stereocenters. The van der Waals surface area contributed by atoms with Crippen LogP contribution in [0.1, 0.15) is 17.9 Å². The first kappa shape index (κ1) is 12.2. The minimum absolute atomic E-state index is 0.0265. The maximum atomic E-state index is 13.4. The van der Waals surface area contributed by atoms with Crippen molar-refractivity contribution in [2.24, 2.45) is 0 Å². The number of nitrogens with one attached hydrogen (secondary N) is 1. The van der Waals surface area contributed by atoms with Gasteiger partial charge >= 0.3 is 5.97 Å². The first-order chi connectivity index (χ1) is 7.56. The van der Waals surface area contributed by atoms with Crippen LogP contribution in [0.4, 0.5) is 4.39 Å². The van der Waals surface area contributed by atoms with Gasteiger partial charge in [0.25, 0.3) is 0 Å². The lowest BCUT2D eigenvalue weighted by atomic mass is 9.95. The number of carboxylic acid groups (broad SMARTS) is 1. The molecular formula is C11H12FNO3. The third-order valence-electron chi connectivity index (χ3n) is 2.25. The van der Waals surface area contributed by atoms with E-state index in [0.717, 1.165) is 0 Å². The number of rotatable bonds is 4. The van der Waals surface area contributed by atoms with Crippen molar-refractivity contribution >= 4 is 11.9 Å². The van der Waals surface area contributed by atoms with E-state index in [1.807, 2.05) is 0 Å². The Bertz CT molecular complexity index is 406. The molecule has 0 aliphatic carbocycles. The van der Waals surface area contributed by atoms with Gasteiger partial charge in [-0.1, -0.05) is 18.2 Å². The lowest BCUT2D eigenvalue weighted by molar-refractivity contribution is -0.140. The van der Waals surface area contributed by atoms with Gasteiger partial charge in [0.1, 0.15) is 5.82 Å². The van der Waals surface area contributed by atoms with E-state index < -0.39 is 23.6 Å². The average Bonchev–Trinajstić information content (AvgIpc) is 2.26. The van der Waals surface area contributed by atoms with Crippen molar-refractivity contribution in [1.82, 2.24) is 5.32 Å². The number of amides is 1. The molecule has 0 aliphatic heterocycles. The SMILES string of the molecule is CNC(=O)CC(C(=O)O)c1ccccc1F. The minimum Gasteiger partial charge on any atom is -0.481 e. The van der Waals surface area contributed by atoms with Crippen LogP contribution in [-0.4, -0.2) is 24.0 Å². The van der Waals surface area contributed by atoms with Crippen LogP contribution < -0.4 is 5.32 Å². The van der Waals surface area contributed by atoms with Crippen LogP contribution in [0.2, 0.25) is 0 Å². The molecule has 2 N–H and O–H groups in total. The summed E-state index contributed by atoms with van der Waals surface area (Å²) in [6, 6.07) is 5.56. The molecule has 1 unspecified atom stereocenters. The zero-order chi connectivity index (χ0) is 12.1. The summed E-state index contributed by atoms with van der Waals surface area (Å²) in [5.74, 6) is -3.41. The highest BCUT2D eigenvalue weighted by Crippen LogP contribution is 2.22. The van der Waals surface area contributed by atoms with Gasteiger partial charge in [0.15, 0.2) is 0 Å². The molecule has 16 heavy (non-hydrogen) atoms. The lowest BCUT2D eigenvalue weighted by Crippen LogP contribution is -2.24. The quantitative estimate of drug-likeness (QED) is 0.807. The molecule has 0 saturated carbocycles. The van der Waals surface area contributed by atoms with Crippen molar-refractivity contribution in [2.45, 2.75) is 12.3 Å². The fraction of sp³-hybridized carbons (Fsp3) is 0.273. The Morgan fingerprint density at radius 2 is 2.06 bits per heavy atom. The Morgan fingerprint density at radius 3 is 2.56 bits per heavy atom. The van der Waals surface area contributed by atoms with Crippen LogP contribution in [0.5, 0.6) is 0 Å². The molecule has 1 aromatic rings. The van der Waals surface area contributed by atoms with Crippen LogP contribution in [0.15, 0.2) is 24.3 Å². The fourth-order valence-corrected chi connectivity index (χ4v) is 1.38. The zero-order valence-electron chi connectivity index (χ0n) is 8.74. The van der Waals surface area contributed by atoms with Crippen LogP contribution in [0.3, 0.4) is 0 Å². The molecule has 1 aromatic carbocycles. The standard InChI is InChI=1S/C11H12FNO3/c1-13-10(14)6-8(11(15)16)7-4-2-3-5-9(7)12/h2-5,8H,6H2,1H3,(H,13,14)(H,15,16). The van der Waals surface area contributed by atoms with Gasteiger partial charge in [-0.05, 0) is 6.07 Å². The van der Waals surface area contributed by atoms with Gasteiger partial charge in [-0.3, -0.25) is 9.59 Å². The third kappa shape index (κ3) is 2.79. The molecule has 1 amide bonds. The maximum absolute atomic E-state index is 13.4. The highest BCUT2D eigenvalue weighted by molar-refractivity contribution is 5.85. The minimum atomic E-state index is -1.21. The summed E-state index contributed by atoms with van der Waals surface area (Å²) in [5.41, 5.74) is 0.0265. The number of benzene rings is 1. The molecule has 0 fully saturated rings. The molecule has 0 heterocycles. The van der Waals surface area contributed by atoms with E-state index in [9.17, 15) is 14.0 Å². The van der Waals surface area contributed by atoms with E-state index in [2.05, 4.69) is 5.32 Å². The summed E-state index contributed by atoms with van der Waals surface area (Å²) in [6.07, 6.45) is -0.271. The highest BCUT2D eigenvalue weighted by Gasteiger charge is 2.25. The number of aliphatic carboxylic acids is 1. The topological polar surface area (TPSA) is 66.4 Å². The van der Waals surface area contributed by atoms with Gasteiger partial charge in [-0.25, -0.2) is 4.39 Å². The molecule has 86 valence electrons. The van der Waals surface area contributed by atoms with Crippen LogP contribution >= 0.6 is 0 Å². The van der Waals surface area contributed by atoms with Crippen molar-refractivity contribution in [3.63, 3.8) is 0 Å². The zero-order valence-corrected chi connectivity index (χ0v) is 8.74. The van der Waals surface area contributed by atoms with E-state index >= 15 is 0 Å². The maximum Gasteiger partial charge on any atom is 0.311 e. The Balaban J connectivity index is 2.99. The van der Waals surface area contributed by atoms with Gasteiger partial charge in [0, 0.05) is 19.0 Å². The summed E-state index contributed by atoms with van der Waals surface area (Å²) in [6.45, 7) is 0. The summed E-state index contributed by atoms with van der Waals surface area (Å²) in [5, 5.41) is 11.3. The molecular weight excluding hydrogens is 213 g/mol. The fourth-order valence-electron chi connectivity index (χ4n) is 1.38. The first-order valence-corrected chi connectivity index (χ1v) is 4.74. The number of halogens is 1. The number of hydrogen-bond donors (Lipinski definition) is 2. The summed E-state index contributed by atoms with van der Waals surface area (Å²) >= 11 is 0. The molecule has 5 heteroatoms. The van der Waals surface area contributed by atoms with Crippen LogP contribution in [0.25, 0.3) is 0 Å². The summed E-state index contributed by atoms with van der Waals surface area (Å²) in [7, 11) is 1.41. The molecule has 1 rings (SSSR count). The van der Waals surface area contributed by atoms with Crippen LogP contribution in [-0.2, 0) is 9.59 Å². The number of carbonyl (C=O) groups excluding carboxylic acids is 1. The summed E-state index contributed by atoms with van der Waals surface area (Å²) < 4.78 is 13.4. The van der Waals surface area contributed by atoms with E-state index in [4.69, 9.17) is 5.11 Å². The largest absolute Gasteiger partial charge is 0.481 e. The Morgan fingerprint density at radius 1 is 1.44 bits per heavy atom. The molecule has 0 spiro atoms. The van der Waals surface area contributed by atoms with E-state index in [-0.39, 0.29) is 12.0 Å². The molecule has 0 aromatic heterocycles. The van der Waals surface area contributed by atoms with Crippen molar-refractivity contribution in [3.8, 4) is 0 Å². The second-order valence-corrected chi connectivity index (χ2v) is 3.29. The lowest BCUT2D eigenvalue weighted by Gasteiger charge is -2.12. The van der Waals surface area contributed by atoms with Gasteiger partial charge < -0.3 is 10.4 Å². The average molecular weight is 225 g/mol. The number of hydrogen-bond acceptors (Lipinski definition) is 2. The predicted molar refractivity (Wildman–Crippen MR) is 55.5 cm³/mol. The van der Waals surface area contributed by atoms with Crippen molar-refractivity contribution in [3.05, 3.63) is 35.6 Å². The second-order valence-electron chi connectivity index (χ2n) is 3.29. The summed E-state index contributed by atoms with van der Waals surface area (Å²) in [4.78, 5) is 22.1. The third-order valence-corrected chi connectivity index (χ3v) is 2.25. The van der Waals surface area contributed by atoms with Gasteiger partial charge in [-0.2, -0.15) is 0 Å². The highest BCUT2D eigenvalue weighted by atomic mass is 19.1. The number of carboxylic acids is 1. The Labute approximate surface area is 92.1 Å². The first-order valence-electron chi connectivity index (χ1n) is 4.74. The van der Waals surface area contributed by atoms with Gasteiger partial charge in [0.2, 0.25) is 5.91 Å². The van der Waals surface area contributed by atoms with Gasteiger partial charge in [0.05, 0.1) is 5.92 Å². The van der Waals surface area contributed by atoms with Gasteiger partial charge in [-0.15, -0.1) is 0 Å². The molecule has 0 bridgehead atoms. The monoisotopic (exact) mass is 225 g/mol. The van der Waals surface area contributed by atoms with E-state index in [1.165, 1.54) is 31.3 Å². The molecule has 0 saturated heterocycles. The van der Waals surface area contributed by atoms with E-state index in [1.54, 1.807) is 0 Å². The normalized spacial score (nSPS) is 11.9. The molecule has 0 aliphatic rings. The predicted octanol–water partition coefficient (Wildman–Crippen LogP) is 1.13. The smallest absolute Gasteiger partial charge is 0.311 e. The van der Waals surface area contributed by atoms with Crippen LogP contribution in [0, 0.1) is 5.82 Å². The van der Waals surface area contributed by atoms with E-state index in [0.29, 0.717) is 0 Å². The van der Waals surface area contributed by atoms with Crippen molar-refractivity contribution in [1.29, 1.82) is 0 Å². The second kappa shape index (κ2) is 5.25. The van der Waals surface area contributed by atoms with Crippen molar-refractivity contribution in [2.75, 3.05) is 7.05 Å². The molecule has 0 radical (unpaired) electrons.